The highest BCUT2D eigenvalue weighted by Crippen LogP contribution is 2.31. The van der Waals surface area contributed by atoms with E-state index < -0.39 is 5.97 Å². The predicted molar refractivity (Wildman–Crippen MR) is 76.6 cm³/mol. The number of carboxylic acid groups (broad SMARTS) is 1. The van der Waals surface area contributed by atoms with Crippen molar-refractivity contribution in [2.45, 2.75) is 0 Å². The predicted octanol–water partition coefficient (Wildman–Crippen LogP) is 3.17. The van der Waals surface area contributed by atoms with E-state index in [2.05, 4.69) is 10.1 Å². The third-order valence-electron chi connectivity index (χ3n) is 2.82. The second kappa shape index (κ2) is 5.37. The van der Waals surface area contributed by atoms with Crippen molar-refractivity contribution in [3.63, 3.8) is 0 Å². The Morgan fingerprint density at radius 3 is 2.95 bits per heavy atom. The molecule has 0 saturated heterocycles. The second-order valence-electron chi connectivity index (χ2n) is 4.16. The molecule has 7 heteroatoms. The number of nitrogens with zero attached hydrogens (tertiary/aromatic N) is 2. The molecule has 0 fully saturated rings. The fraction of sp³-hybridized carbons (Fsp3) is 0.0714. The van der Waals surface area contributed by atoms with Gasteiger partial charge in [0.1, 0.15) is 5.75 Å². The lowest BCUT2D eigenvalue weighted by Crippen LogP contribution is -1.96. The van der Waals surface area contributed by atoms with Crippen LogP contribution in [0.2, 0.25) is 0 Å². The topological polar surface area (TPSA) is 85.5 Å². The maximum atomic E-state index is 11.0. The Morgan fingerprint density at radius 1 is 1.38 bits per heavy atom. The molecule has 1 N–H and O–H groups in total. The Hall–Kier alpha value is -2.67. The van der Waals surface area contributed by atoms with Crippen molar-refractivity contribution in [3.8, 4) is 27.9 Å². The van der Waals surface area contributed by atoms with Gasteiger partial charge in [-0.15, -0.1) is 11.3 Å². The second-order valence-corrected chi connectivity index (χ2v) is 5.07. The first kappa shape index (κ1) is 13.3. The third kappa shape index (κ3) is 2.63. The van der Waals surface area contributed by atoms with Gasteiger partial charge in [0.05, 0.1) is 17.6 Å². The number of carboxylic acids is 1. The first-order valence-corrected chi connectivity index (χ1v) is 6.85. The van der Waals surface area contributed by atoms with Gasteiger partial charge in [-0.2, -0.15) is 4.98 Å². The van der Waals surface area contributed by atoms with Crippen molar-refractivity contribution in [3.05, 3.63) is 41.3 Å². The summed E-state index contributed by atoms with van der Waals surface area (Å²) in [6.07, 6.45) is 0. The summed E-state index contributed by atoms with van der Waals surface area (Å²) in [4.78, 5) is 16.0. The molecule has 2 heterocycles. The van der Waals surface area contributed by atoms with Crippen LogP contribution in [0.4, 0.5) is 0 Å². The lowest BCUT2D eigenvalue weighted by Gasteiger charge is -1.96. The molecule has 106 valence electrons. The third-order valence-corrected chi connectivity index (χ3v) is 3.71. The number of hydrogen-bond acceptors (Lipinski definition) is 6. The lowest BCUT2D eigenvalue weighted by atomic mass is 10.1. The number of benzene rings is 1. The summed E-state index contributed by atoms with van der Waals surface area (Å²) in [5.74, 6) is 0.450. The quantitative estimate of drug-likeness (QED) is 0.796. The first-order chi connectivity index (χ1) is 10.2. The van der Waals surface area contributed by atoms with E-state index in [1.54, 1.807) is 25.3 Å². The molecule has 0 atom stereocenters. The van der Waals surface area contributed by atoms with Crippen molar-refractivity contribution in [1.82, 2.24) is 10.1 Å². The van der Waals surface area contributed by atoms with Gasteiger partial charge in [0.2, 0.25) is 5.82 Å². The Labute approximate surface area is 123 Å². The molecule has 21 heavy (non-hydrogen) atoms. The van der Waals surface area contributed by atoms with Crippen molar-refractivity contribution < 1.29 is 19.2 Å². The summed E-state index contributed by atoms with van der Waals surface area (Å²) in [5, 5.41) is 14.7. The van der Waals surface area contributed by atoms with E-state index in [4.69, 9.17) is 14.4 Å². The molecule has 0 aliphatic carbocycles. The van der Waals surface area contributed by atoms with E-state index in [0.29, 0.717) is 17.3 Å². The minimum absolute atomic E-state index is 0.177. The zero-order valence-corrected chi connectivity index (χ0v) is 11.8. The van der Waals surface area contributed by atoms with Crippen LogP contribution in [0, 0.1) is 0 Å². The van der Waals surface area contributed by atoms with Crippen molar-refractivity contribution in [2.75, 3.05) is 7.11 Å². The number of thiophene rings is 1. The molecule has 0 spiro atoms. The van der Waals surface area contributed by atoms with Gasteiger partial charge in [0.15, 0.2) is 0 Å². The highest BCUT2D eigenvalue weighted by atomic mass is 32.1. The number of ether oxygens (including phenoxy) is 1. The summed E-state index contributed by atoms with van der Waals surface area (Å²) >= 11 is 1.43. The molecule has 1 aromatic carbocycles. The molecule has 0 amide bonds. The SMILES string of the molecule is COc1csc(-c2nc(-c3cccc(C(=O)O)c3)no2)c1. The summed E-state index contributed by atoms with van der Waals surface area (Å²) in [7, 11) is 1.59. The highest BCUT2D eigenvalue weighted by molar-refractivity contribution is 7.13. The standard InChI is InChI=1S/C14H10N2O4S/c1-19-10-6-11(21-7-10)13-15-12(16-20-13)8-3-2-4-9(5-8)14(17)18/h2-7H,1H3,(H,17,18). The Morgan fingerprint density at radius 2 is 2.24 bits per heavy atom. The van der Waals surface area contributed by atoms with E-state index in [9.17, 15) is 4.79 Å². The Balaban J connectivity index is 1.94. The monoisotopic (exact) mass is 302 g/mol. The molecule has 0 radical (unpaired) electrons. The molecular formula is C14H10N2O4S. The number of carbonyl (C=O) groups is 1. The fourth-order valence-corrected chi connectivity index (χ4v) is 2.55. The van der Waals surface area contributed by atoms with Crippen molar-refractivity contribution in [1.29, 1.82) is 0 Å². The van der Waals surface area contributed by atoms with Gasteiger partial charge in [0, 0.05) is 17.0 Å². The first-order valence-electron chi connectivity index (χ1n) is 5.97. The summed E-state index contributed by atoms with van der Waals surface area (Å²) in [5.41, 5.74) is 0.769. The average Bonchev–Trinajstić information content (AvgIpc) is 3.16. The van der Waals surface area contributed by atoms with Crippen LogP contribution < -0.4 is 4.74 Å². The molecule has 0 unspecified atom stereocenters. The maximum absolute atomic E-state index is 11.0. The number of rotatable bonds is 4. The Bertz CT molecular complexity index is 794. The number of aromatic carboxylic acids is 1. The van der Waals surface area contributed by atoms with Crippen LogP contribution in [0.3, 0.4) is 0 Å². The van der Waals surface area contributed by atoms with Crippen LogP contribution in [-0.2, 0) is 0 Å². The van der Waals surface area contributed by atoms with E-state index in [1.165, 1.54) is 23.5 Å². The minimum Gasteiger partial charge on any atom is -0.496 e. The largest absolute Gasteiger partial charge is 0.496 e. The molecule has 3 rings (SSSR count). The number of methoxy groups -OCH3 is 1. The average molecular weight is 302 g/mol. The summed E-state index contributed by atoms with van der Waals surface area (Å²) < 4.78 is 10.3. The molecule has 2 aromatic heterocycles. The number of aromatic nitrogens is 2. The molecule has 0 aliphatic heterocycles. The smallest absolute Gasteiger partial charge is 0.335 e. The van der Waals surface area contributed by atoms with Crippen LogP contribution in [-0.4, -0.2) is 28.3 Å². The molecule has 0 saturated carbocycles. The summed E-state index contributed by atoms with van der Waals surface area (Å²) in [6.45, 7) is 0. The molecular weight excluding hydrogens is 292 g/mol. The lowest BCUT2D eigenvalue weighted by molar-refractivity contribution is 0.0697. The number of hydrogen-bond donors (Lipinski definition) is 1. The minimum atomic E-state index is -0.997. The fourth-order valence-electron chi connectivity index (χ4n) is 1.77. The van der Waals surface area contributed by atoms with E-state index in [1.807, 2.05) is 5.38 Å². The zero-order valence-electron chi connectivity index (χ0n) is 10.9. The van der Waals surface area contributed by atoms with Crippen LogP contribution in [0.5, 0.6) is 5.75 Å². The van der Waals surface area contributed by atoms with Gasteiger partial charge in [-0.1, -0.05) is 17.3 Å². The molecule has 3 aromatic rings. The van der Waals surface area contributed by atoms with Gasteiger partial charge < -0.3 is 14.4 Å². The summed E-state index contributed by atoms with van der Waals surface area (Å²) in [6, 6.07) is 8.19. The highest BCUT2D eigenvalue weighted by Gasteiger charge is 2.14. The molecule has 0 aliphatic rings. The van der Waals surface area contributed by atoms with Gasteiger partial charge in [-0.3, -0.25) is 0 Å². The van der Waals surface area contributed by atoms with Crippen LogP contribution in [0.25, 0.3) is 22.2 Å². The van der Waals surface area contributed by atoms with E-state index in [0.717, 1.165) is 10.6 Å². The van der Waals surface area contributed by atoms with Gasteiger partial charge in [-0.25, -0.2) is 4.79 Å². The van der Waals surface area contributed by atoms with Gasteiger partial charge >= 0.3 is 5.97 Å². The van der Waals surface area contributed by atoms with Crippen LogP contribution >= 0.6 is 11.3 Å². The maximum Gasteiger partial charge on any atom is 0.335 e. The Kier molecular flexibility index (Phi) is 3.41. The normalized spacial score (nSPS) is 10.5. The zero-order chi connectivity index (χ0) is 14.8. The van der Waals surface area contributed by atoms with Gasteiger partial charge in [-0.05, 0) is 12.1 Å². The van der Waals surface area contributed by atoms with Crippen LogP contribution in [0.1, 0.15) is 10.4 Å². The molecule has 6 nitrogen and oxygen atoms in total. The van der Waals surface area contributed by atoms with Crippen LogP contribution in [0.15, 0.2) is 40.2 Å². The van der Waals surface area contributed by atoms with Crippen molar-refractivity contribution >= 4 is 17.3 Å². The van der Waals surface area contributed by atoms with Gasteiger partial charge in [0.25, 0.3) is 5.89 Å². The van der Waals surface area contributed by atoms with E-state index in [-0.39, 0.29) is 5.56 Å². The van der Waals surface area contributed by atoms with Crippen molar-refractivity contribution in [2.24, 2.45) is 0 Å². The molecule has 0 bridgehead atoms. The van der Waals surface area contributed by atoms with E-state index >= 15 is 0 Å².